The molecule has 0 saturated heterocycles. The van der Waals surface area contributed by atoms with E-state index in [1.807, 2.05) is 0 Å². The Labute approximate surface area is 91.3 Å². The molecule has 0 fully saturated rings. The van der Waals surface area contributed by atoms with Crippen molar-refractivity contribution in [2.24, 2.45) is 0 Å². The minimum Gasteiger partial charge on any atom is -0.481 e. The standard InChI is InChI=1S/C10H11NO5/c1-10(14,6-9(12)13)7-3-2-4-8(5-7)11(15)16/h2-5,14H,6H2,1H3,(H,12,13)/t10-/m1/s1. The minimum absolute atomic E-state index is 0.178. The van der Waals surface area contributed by atoms with E-state index in [2.05, 4.69) is 0 Å². The molecule has 2 N–H and O–H groups in total. The van der Waals surface area contributed by atoms with Crippen LogP contribution in [0.3, 0.4) is 0 Å². The van der Waals surface area contributed by atoms with Crippen molar-refractivity contribution in [3.05, 3.63) is 39.9 Å². The Kier molecular flexibility index (Phi) is 3.24. The Balaban J connectivity index is 3.07. The highest BCUT2D eigenvalue weighted by molar-refractivity contribution is 5.68. The maximum absolute atomic E-state index is 10.5. The molecule has 1 aromatic carbocycles. The fourth-order valence-corrected chi connectivity index (χ4v) is 1.35. The summed E-state index contributed by atoms with van der Waals surface area (Å²) in [6, 6.07) is 5.31. The molecule has 1 rings (SSSR count). The Morgan fingerprint density at radius 2 is 2.19 bits per heavy atom. The lowest BCUT2D eigenvalue weighted by Crippen LogP contribution is -2.25. The summed E-state index contributed by atoms with van der Waals surface area (Å²) in [4.78, 5) is 20.4. The van der Waals surface area contributed by atoms with E-state index in [9.17, 15) is 20.0 Å². The van der Waals surface area contributed by atoms with Gasteiger partial charge in [0.2, 0.25) is 0 Å². The van der Waals surface area contributed by atoms with E-state index < -0.39 is 22.9 Å². The maximum Gasteiger partial charge on any atom is 0.306 e. The van der Waals surface area contributed by atoms with E-state index in [-0.39, 0.29) is 11.3 Å². The number of hydrogen-bond donors (Lipinski definition) is 2. The highest BCUT2D eigenvalue weighted by Crippen LogP contribution is 2.27. The van der Waals surface area contributed by atoms with Crippen molar-refractivity contribution in [3.63, 3.8) is 0 Å². The molecule has 6 heteroatoms. The van der Waals surface area contributed by atoms with Crippen LogP contribution in [0.2, 0.25) is 0 Å². The number of hydrogen-bond acceptors (Lipinski definition) is 4. The number of nitro groups is 1. The number of benzene rings is 1. The molecule has 0 aliphatic rings. The monoisotopic (exact) mass is 225 g/mol. The number of carboxylic acid groups (broad SMARTS) is 1. The van der Waals surface area contributed by atoms with Gasteiger partial charge in [0, 0.05) is 12.1 Å². The molecule has 0 saturated carbocycles. The summed E-state index contributed by atoms with van der Waals surface area (Å²) in [5.41, 5.74) is -1.58. The molecule has 0 aliphatic heterocycles. The van der Waals surface area contributed by atoms with E-state index in [4.69, 9.17) is 5.11 Å². The number of nitrogens with zero attached hydrogens (tertiary/aromatic N) is 1. The molecule has 0 heterocycles. The molecule has 86 valence electrons. The molecule has 0 spiro atoms. The fraction of sp³-hybridized carbons (Fsp3) is 0.300. The first-order valence-corrected chi connectivity index (χ1v) is 4.52. The number of carbonyl (C=O) groups is 1. The number of aliphatic hydroxyl groups is 1. The van der Waals surface area contributed by atoms with Crippen LogP contribution in [0.15, 0.2) is 24.3 Å². The van der Waals surface area contributed by atoms with E-state index in [0.717, 1.165) is 0 Å². The molecule has 0 aliphatic carbocycles. The van der Waals surface area contributed by atoms with Crippen LogP contribution in [-0.4, -0.2) is 21.1 Å². The molecular weight excluding hydrogens is 214 g/mol. The Morgan fingerprint density at radius 1 is 1.56 bits per heavy atom. The Bertz CT molecular complexity index is 427. The lowest BCUT2D eigenvalue weighted by molar-refractivity contribution is -0.385. The largest absolute Gasteiger partial charge is 0.481 e. The summed E-state index contributed by atoms with van der Waals surface area (Å²) >= 11 is 0. The van der Waals surface area contributed by atoms with Crippen molar-refractivity contribution < 1.29 is 19.9 Å². The number of rotatable bonds is 4. The van der Waals surface area contributed by atoms with Gasteiger partial charge in [-0.2, -0.15) is 0 Å². The second-order valence-corrected chi connectivity index (χ2v) is 3.65. The average molecular weight is 225 g/mol. The maximum atomic E-state index is 10.5. The van der Waals surface area contributed by atoms with E-state index in [1.54, 1.807) is 0 Å². The lowest BCUT2D eigenvalue weighted by Gasteiger charge is -2.21. The van der Waals surface area contributed by atoms with Crippen LogP contribution >= 0.6 is 0 Å². The van der Waals surface area contributed by atoms with E-state index in [1.165, 1.54) is 31.2 Å². The van der Waals surface area contributed by atoms with Crippen LogP contribution < -0.4 is 0 Å². The lowest BCUT2D eigenvalue weighted by atomic mass is 9.92. The van der Waals surface area contributed by atoms with Crippen LogP contribution in [0.1, 0.15) is 18.9 Å². The molecule has 6 nitrogen and oxygen atoms in total. The summed E-state index contributed by atoms with van der Waals surface area (Å²) in [7, 11) is 0. The zero-order valence-electron chi connectivity index (χ0n) is 8.58. The van der Waals surface area contributed by atoms with E-state index in [0.29, 0.717) is 0 Å². The topological polar surface area (TPSA) is 101 Å². The van der Waals surface area contributed by atoms with Crippen molar-refractivity contribution in [1.82, 2.24) is 0 Å². The number of non-ortho nitro benzene ring substituents is 1. The van der Waals surface area contributed by atoms with Gasteiger partial charge in [-0.15, -0.1) is 0 Å². The summed E-state index contributed by atoms with van der Waals surface area (Å²) in [6.07, 6.45) is -0.506. The van der Waals surface area contributed by atoms with Gasteiger partial charge in [0.15, 0.2) is 0 Å². The number of carboxylic acids is 1. The highest BCUT2D eigenvalue weighted by atomic mass is 16.6. The molecule has 0 amide bonds. The van der Waals surface area contributed by atoms with Gasteiger partial charge in [0.05, 0.1) is 16.9 Å². The van der Waals surface area contributed by atoms with Gasteiger partial charge >= 0.3 is 5.97 Å². The molecular formula is C10H11NO5. The summed E-state index contributed by atoms with van der Waals surface area (Å²) < 4.78 is 0. The third-order valence-electron chi connectivity index (χ3n) is 2.17. The van der Waals surface area contributed by atoms with Gasteiger partial charge in [-0.1, -0.05) is 12.1 Å². The average Bonchev–Trinajstić information content (AvgIpc) is 2.16. The van der Waals surface area contributed by atoms with E-state index >= 15 is 0 Å². The zero-order chi connectivity index (χ0) is 12.3. The normalized spacial score (nSPS) is 14.1. The van der Waals surface area contributed by atoms with Gasteiger partial charge in [0.1, 0.15) is 0 Å². The van der Waals surface area contributed by atoms with Crippen LogP contribution in [0, 0.1) is 10.1 Å². The van der Waals surface area contributed by atoms with Crippen LogP contribution in [0.5, 0.6) is 0 Å². The number of aliphatic carboxylic acids is 1. The van der Waals surface area contributed by atoms with Gasteiger partial charge in [0.25, 0.3) is 5.69 Å². The van der Waals surface area contributed by atoms with Crippen molar-refractivity contribution in [2.45, 2.75) is 18.9 Å². The smallest absolute Gasteiger partial charge is 0.306 e. The molecule has 1 atom stereocenters. The molecule has 0 bridgehead atoms. The third kappa shape index (κ3) is 2.77. The second-order valence-electron chi connectivity index (χ2n) is 3.65. The number of nitro benzene ring substituents is 1. The Morgan fingerprint density at radius 3 is 2.69 bits per heavy atom. The van der Waals surface area contributed by atoms with Crippen LogP contribution in [0.4, 0.5) is 5.69 Å². The molecule has 1 aromatic rings. The first-order valence-electron chi connectivity index (χ1n) is 4.52. The van der Waals surface area contributed by atoms with Gasteiger partial charge in [-0.05, 0) is 12.5 Å². The summed E-state index contributed by atoms with van der Waals surface area (Å²) in [5.74, 6) is -1.17. The predicted molar refractivity (Wildman–Crippen MR) is 54.9 cm³/mol. The quantitative estimate of drug-likeness (QED) is 0.593. The zero-order valence-corrected chi connectivity index (χ0v) is 8.58. The molecule has 0 radical (unpaired) electrons. The molecule has 0 aromatic heterocycles. The van der Waals surface area contributed by atoms with Crippen molar-refractivity contribution in [1.29, 1.82) is 0 Å². The second kappa shape index (κ2) is 4.28. The summed E-state index contributed by atoms with van der Waals surface area (Å²) in [5, 5.41) is 29.0. The van der Waals surface area contributed by atoms with Gasteiger partial charge in [-0.3, -0.25) is 14.9 Å². The molecule has 16 heavy (non-hydrogen) atoms. The van der Waals surface area contributed by atoms with Crippen molar-refractivity contribution in [3.8, 4) is 0 Å². The van der Waals surface area contributed by atoms with Gasteiger partial charge in [-0.25, -0.2) is 0 Å². The fourth-order valence-electron chi connectivity index (χ4n) is 1.35. The SMILES string of the molecule is C[C@@](O)(CC(=O)O)c1cccc([N+](=O)[O-])c1. The van der Waals surface area contributed by atoms with Crippen LogP contribution in [-0.2, 0) is 10.4 Å². The van der Waals surface area contributed by atoms with Crippen molar-refractivity contribution >= 4 is 11.7 Å². The summed E-state index contributed by atoms with van der Waals surface area (Å²) in [6.45, 7) is 1.31. The predicted octanol–water partition coefficient (Wildman–Crippen LogP) is 1.28. The first-order chi connectivity index (χ1) is 7.33. The Hall–Kier alpha value is -1.95. The van der Waals surface area contributed by atoms with Crippen LogP contribution in [0.25, 0.3) is 0 Å². The minimum atomic E-state index is -1.61. The third-order valence-corrected chi connectivity index (χ3v) is 2.17. The van der Waals surface area contributed by atoms with Crippen molar-refractivity contribution in [2.75, 3.05) is 0 Å². The highest BCUT2D eigenvalue weighted by Gasteiger charge is 2.27. The molecule has 0 unspecified atom stereocenters. The first kappa shape index (κ1) is 12.1. The van der Waals surface area contributed by atoms with Gasteiger partial charge < -0.3 is 10.2 Å².